The van der Waals surface area contributed by atoms with Crippen molar-refractivity contribution in [3.63, 3.8) is 0 Å². The van der Waals surface area contributed by atoms with E-state index in [0.29, 0.717) is 39.0 Å². The van der Waals surface area contributed by atoms with Crippen molar-refractivity contribution >= 4 is 36.7 Å². The van der Waals surface area contributed by atoms with Gasteiger partial charge in [0, 0.05) is 37.3 Å². The summed E-state index contributed by atoms with van der Waals surface area (Å²) in [4.78, 5) is 16.1. The van der Waals surface area contributed by atoms with Gasteiger partial charge in [0.05, 0.1) is 22.6 Å². The Labute approximate surface area is 257 Å². The number of nitrogens with one attached hydrogen (secondary N) is 1. The Kier molecular flexibility index (Phi) is 9.04. The van der Waals surface area contributed by atoms with Crippen molar-refractivity contribution in [2.45, 2.75) is 65.4 Å². The molecular weight excluding hydrogens is 608 g/mol. The van der Waals surface area contributed by atoms with Crippen molar-refractivity contribution in [1.82, 2.24) is 14.6 Å². The van der Waals surface area contributed by atoms with E-state index in [4.69, 9.17) is 15.2 Å². The number of amides is 1. The first-order valence-corrected chi connectivity index (χ1v) is 17.3. The molecule has 2 unspecified atom stereocenters. The first-order valence-electron chi connectivity index (χ1n) is 14.4. The minimum atomic E-state index is -4.05. The number of nitrogens with two attached hydrogens (primary N) is 1. The summed E-state index contributed by atoms with van der Waals surface area (Å²) >= 11 is 0. The van der Waals surface area contributed by atoms with Crippen molar-refractivity contribution in [3.05, 3.63) is 60.8 Å². The second-order valence-corrected chi connectivity index (χ2v) is 16.3. The van der Waals surface area contributed by atoms with E-state index in [9.17, 15) is 26.7 Å². The summed E-state index contributed by atoms with van der Waals surface area (Å²) in [7, 11) is -7.74. The van der Waals surface area contributed by atoms with Gasteiger partial charge in [-0.15, -0.1) is 0 Å². The van der Waals surface area contributed by atoms with E-state index in [0.717, 1.165) is 10.9 Å². The third-order valence-corrected chi connectivity index (χ3v) is 12.8. The predicted octanol–water partition coefficient (Wildman–Crippen LogP) is 1.61. The summed E-state index contributed by atoms with van der Waals surface area (Å²) in [5.41, 5.74) is 5.60. The number of para-hydroxylation sites is 1. The highest BCUT2D eigenvalue weighted by Crippen LogP contribution is 2.37. The molecule has 2 aliphatic heterocycles. The molecule has 3 aromatic rings. The van der Waals surface area contributed by atoms with Gasteiger partial charge in [0.2, 0.25) is 15.9 Å². The highest BCUT2D eigenvalue weighted by atomic mass is 32.2. The lowest BCUT2D eigenvalue weighted by Gasteiger charge is -2.38. The number of ether oxygens (including phenoxy) is 2. The summed E-state index contributed by atoms with van der Waals surface area (Å²) in [6.45, 7) is 3.73. The third-order valence-electron chi connectivity index (χ3n) is 8.51. The molecule has 0 saturated carbocycles. The molecule has 1 amide bonds. The minimum absolute atomic E-state index is 0.0259. The first kappa shape index (κ1) is 32.3. The fourth-order valence-electron chi connectivity index (χ4n) is 5.51. The Morgan fingerprint density at radius 3 is 2.59 bits per heavy atom. The molecule has 2 saturated heterocycles. The van der Waals surface area contributed by atoms with Gasteiger partial charge in [-0.3, -0.25) is 9.78 Å². The van der Waals surface area contributed by atoms with Gasteiger partial charge in [0.25, 0.3) is 0 Å². The van der Waals surface area contributed by atoms with Crippen molar-refractivity contribution in [1.29, 1.82) is 0 Å². The Bertz CT molecular complexity index is 1740. The average Bonchev–Trinajstić information content (AvgIpc) is 3.40. The summed E-state index contributed by atoms with van der Waals surface area (Å²) in [5, 5.41) is 14.6. The summed E-state index contributed by atoms with van der Waals surface area (Å²) in [6.07, 6.45) is 2.32. The Morgan fingerprint density at radius 1 is 1.14 bits per heavy atom. The average molecular weight is 647 g/mol. The van der Waals surface area contributed by atoms with E-state index in [-0.39, 0.29) is 34.7 Å². The highest BCUT2D eigenvalue weighted by Gasteiger charge is 2.45. The fraction of sp³-hybridized carbons (Fsp3) is 0.467. The van der Waals surface area contributed by atoms with E-state index in [1.165, 1.54) is 42.5 Å². The molecule has 238 valence electrons. The maximum absolute atomic E-state index is 13.3. The Balaban J connectivity index is 1.10. The molecule has 2 aliphatic rings. The van der Waals surface area contributed by atoms with Gasteiger partial charge in [-0.05, 0) is 63.4 Å². The number of fused-ring (bicyclic) bond motifs is 1. The number of carbonyl (C=O) groups excluding carboxylic acids is 1. The van der Waals surface area contributed by atoms with Crippen LogP contribution in [0.1, 0.15) is 33.1 Å². The summed E-state index contributed by atoms with van der Waals surface area (Å²) in [6, 6.07) is 14.8. The van der Waals surface area contributed by atoms with Crippen LogP contribution >= 0.6 is 0 Å². The molecule has 1 aromatic heterocycles. The predicted molar refractivity (Wildman–Crippen MR) is 163 cm³/mol. The molecule has 1 spiro atoms. The number of rotatable bonds is 11. The van der Waals surface area contributed by atoms with Crippen LogP contribution in [0.5, 0.6) is 5.75 Å². The minimum Gasteiger partial charge on any atom is -0.491 e. The number of aliphatic hydroxyl groups excluding tert-OH is 1. The molecule has 0 bridgehead atoms. The monoisotopic (exact) mass is 646 g/mol. The van der Waals surface area contributed by atoms with E-state index in [2.05, 4.69) is 10.3 Å². The molecule has 44 heavy (non-hydrogen) atoms. The smallest absolute Gasteiger partial charge is 0.244 e. The van der Waals surface area contributed by atoms with Crippen LogP contribution in [-0.4, -0.2) is 92.5 Å². The zero-order valence-corrected chi connectivity index (χ0v) is 26.3. The van der Waals surface area contributed by atoms with Gasteiger partial charge in [-0.2, -0.15) is 4.31 Å². The normalized spacial score (nSPS) is 20.1. The lowest BCUT2D eigenvalue weighted by molar-refractivity contribution is -0.119. The van der Waals surface area contributed by atoms with Gasteiger partial charge in [0.15, 0.2) is 9.84 Å². The molecule has 12 nitrogen and oxygen atoms in total. The van der Waals surface area contributed by atoms with Crippen molar-refractivity contribution in [2.24, 2.45) is 5.73 Å². The highest BCUT2D eigenvalue weighted by molar-refractivity contribution is 7.93. The standard InChI is InChI=1S/C30H38N4O8S2/c1-29(2,28(31)36)43(37,38)25-8-5-7-24(15-25)41-20-23(35)17-32-22-16-30(42-19-22)10-12-34(13-11-30)44(39,40)26-14-21-6-3-4-9-27(21)33-18-26/h3-9,14-15,18,22-23,32,35H,10-13,16-17,19-20H2,1-2H3,(H2,31,36). The molecule has 2 atom stereocenters. The summed E-state index contributed by atoms with van der Waals surface area (Å²) in [5.74, 6) is -0.730. The van der Waals surface area contributed by atoms with Crippen LogP contribution in [0.2, 0.25) is 0 Å². The number of sulfonamides is 1. The molecule has 0 radical (unpaired) electrons. The van der Waals surface area contributed by atoms with Gasteiger partial charge < -0.3 is 25.6 Å². The maximum Gasteiger partial charge on any atom is 0.244 e. The topological polar surface area (TPSA) is 178 Å². The quantitative estimate of drug-likeness (QED) is 0.277. The van der Waals surface area contributed by atoms with Gasteiger partial charge in [0.1, 0.15) is 28.1 Å². The number of hydrogen-bond acceptors (Lipinski definition) is 10. The van der Waals surface area contributed by atoms with Crippen molar-refractivity contribution in [2.75, 3.05) is 32.8 Å². The first-order chi connectivity index (χ1) is 20.7. The number of sulfone groups is 1. The second kappa shape index (κ2) is 12.3. The van der Waals surface area contributed by atoms with E-state index in [1.807, 2.05) is 24.3 Å². The van der Waals surface area contributed by atoms with E-state index < -0.39 is 42.2 Å². The summed E-state index contributed by atoms with van der Waals surface area (Å²) < 4.78 is 63.9. The number of carbonyl (C=O) groups is 1. The molecule has 2 fully saturated rings. The van der Waals surface area contributed by atoms with E-state index >= 15 is 0 Å². The van der Waals surface area contributed by atoms with E-state index in [1.54, 1.807) is 12.1 Å². The number of aromatic nitrogens is 1. The van der Waals surface area contributed by atoms with Crippen LogP contribution in [0, 0.1) is 0 Å². The zero-order chi connectivity index (χ0) is 31.8. The molecule has 5 rings (SSSR count). The maximum atomic E-state index is 13.3. The molecule has 4 N–H and O–H groups in total. The Hall–Kier alpha value is -3.14. The number of primary amides is 1. The third kappa shape index (κ3) is 6.46. The lowest BCUT2D eigenvalue weighted by Crippen LogP contribution is -2.47. The Morgan fingerprint density at radius 2 is 1.86 bits per heavy atom. The van der Waals surface area contributed by atoms with Crippen LogP contribution in [-0.2, 0) is 29.4 Å². The van der Waals surface area contributed by atoms with Gasteiger partial charge in [-0.1, -0.05) is 24.3 Å². The van der Waals surface area contributed by atoms with Crippen LogP contribution in [0.3, 0.4) is 0 Å². The zero-order valence-electron chi connectivity index (χ0n) is 24.7. The molecular formula is C30H38N4O8S2. The van der Waals surface area contributed by atoms with Crippen LogP contribution in [0.25, 0.3) is 10.9 Å². The number of nitrogens with zero attached hydrogens (tertiary/aromatic N) is 2. The lowest BCUT2D eigenvalue weighted by atomic mass is 9.88. The molecule has 14 heteroatoms. The number of piperidine rings is 1. The number of aliphatic hydroxyl groups is 1. The van der Waals surface area contributed by atoms with Crippen LogP contribution in [0.15, 0.2) is 70.6 Å². The van der Waals surface area contributed by atoms with Crippen LogP contribution < -0.4 is 15.8 Å². The fourth-order valence-corrected chi connectivity index (χ4v) is 8.32. The number of benzene rings is 2. The largest absolute Gasteiger partial charge is 0.491 e. The van der Waals surface area contributed by atoms with Gasteiger partial charge >= 0.3 is 0 Å². The molecule has 0 aliphatic carbocycles. The SMILES string of the molecule is CC(C)(C(N)=O)S(=O)(=O)c1cccc(OCC(O)CNC2COC3(CCN(S(=O)(=O)c4cnc5ccccc5c4)CC3)C2)c1. The van der Waals surface area contributed by atoms with Crippen molar-refractivity contribution < 1.29 is 36.2 Å². The molecule has 2 aromatic carbocycles. The number of pyridine rings is 1. The van der Waals surface area contributed by atoms with Gasteiger partial charge in [-0.25, -0.2) is 16.8 Å². The van der Waals surface area contributed by atoms with Crippen LogP contribution in [0.4, 0.5) is 0 Å². The molecule has 3 heterocycles. The van der Waals surface area contributed by atoms with Crippen molar-refractivity contribution in [3.8, 4) is 5.75 Å². The second-order valence-electron chi connectivity index (χ2n) is 11.9. The number of hydrogen-bond donors (Lipinski definition) is 3.